The monoisotopic (exact) mass is 212 g/mol. The van der Waals surface area contributed by atoms with Crippen LogP contribution in [0.3, 0.4) is 0 Å². The maximum absolute atomic E-state index is 10.3. The van der Waals surface area contributed by atoms with Crippen LogP contribution in [-0.4, -0.2) is 33.5 Å². The number of carboxylic acid groups (broad SMARTS) is 1. The molecule has 0 radical (unpaired) electrons. The number of aliphatic hydroxyl groups is 3. The van der Waals surface area contributed by atoms with E-state index in [1.807, 2.05) is 0 Å². The van der Waals surface area contributed by atoms with Crippen molar-refractivity contribution < 1.29 is 76.6 Å². The van der Waals surface area contributed by atoms with E-state index in [9.17, 15) is 9.90 Å². The molecule has 0 heterocycles. The van der Waals surface area contributed by atoms with Crippen molar-refractivity contribution in [2.75, 3.05) is 0 Å². The minimum atomic E-state index is -1.37. The first-order chi connectivity index (χ1) is 5.52. The topological polar surface area (TPSA) is 101 Å². The molecule has 0 amide bonds. The summed E-state index contributed by atoms with van der Waals surface area (Å²) < 4.78 is 0. The summed E-state index contributed by atoms with van der Waals surface area (Å²) in [5, 5.41) is 37.2. The number of hydrogen-bond acceptors (Lipinski definition) is 5. The molecule has 0 aromatic carbocycles. The van der Waals surface area contributed by atoms with Crippen LogP contribution >= 0.6 is 0 Å². The summed E-state index contributed by atoms with van der Waals surface area (Å²) >= 11 is 0. The van der Waals surface area contributed by atoms with E-state index in [-0.39, 0.29) is 57.8 Å². The molecule has 1 aliphatic carbocycles. The van der Waals surface area contributed by atoms with Gasteiger partial charge in [0.2, 0.25) is 0 Å². The van der Waals surface area contributed by atoms with Crippen LogP contribution in [0, 0.1) is 5.92 Å². The smallest absolute Gasteiger partial charge is 0.550 e. The molecule has 1 aliphatic rings. The first kappa shape index (κ1) is 13.6. The molecule has 5 nitrogen and oxygen atoms in total. The predicted molar refractivity (Wildman–Crippen MR) is 35.8 cm³/mol. The maximum atomic E-state index is 10.3. The van der Waals surface area contributed by atoms with Gasteiger partial charge in [-0.15, -0.1) is 0 Å². The number of aliphatic carboxylic acids is 1. The Morgan fingerprint density at radius 3 is 2.46 bits per heavy atom. The van der Waals surface area contributed by atoms with E-state index < -0.39 is 29.9 Å². The van der Waals surface area contributed by atoms with E-state index in [1.165, 1.54) is 0 Å². The Morgan fingerprint density at radius 2 is 2.08 bits per heavy atom. The zero-order valence-electron chi connectivity index (χ0n) is 7.17. The first-order valence-electron chi connectivity index (χ1n) is 3.50. The third kappa shape index (κ3) is 3.32. The molecular weight excluding hydrogens is 203 g/mol. The van der Waals surface area contributed by atoms with Crippen LogP contribution in [0.5, 0.6) is 0 Å². The number of carboxylic acids is 1. The SMILES string of the molecule is O=C([O-])C1C=C(O)C(O)C(O)C1.[K+]. The van der Waals surface area contributed by atoms with Crippen molar-refractivity contribution in [2.45, 2.75) is 18.6 Å². The Morgan fingerprint density at radius 1 is 1.54 bits per heavy atom. The molecule has 0 fully saturated rings. The average Bonchev–Trinajstić information content (AvgIpc) is 1.99. The van der Waals surface area contributed by atoms with Crippen molar-refractivity contribution in [3.8, 4) is 0 Å². The quantitative estimate of drug-likeness (QED) is 0.378. The third-order valence-electron chi connectivity index (χ3n) is 1.84. The Bertz CT molecular complexity index is 227. The Labute approximate surface area is 117 Å². The molecule has 0 aromatic heterocycles. The van der Waals surface area contributed by atoms with Gasteiger partial charge in [0.25, 0.3) is 0 Å². The van der Waals surface area contributed by atoms with E-state index in [4.69, 9.17) is 15.3 Å². The van der Waals surface area contributed by atoms with Gasteiger partial charge in [-0.2, -0.15) is 0 Å². The van der Waals surface area contributed by atoms with Crippen molar-refractivity contribution in [3.63, 3.8) is 0 Å². The minimum absolute atomic E-state index is 0. The second-order valence-corrected chi connectivity index (χ2v) is 2.76. The van der Waals surface area contributed by atoms with Crippen LogP contribution in [0.2, 0.25) is 0 Å². The van der Waals surface area contributed by atoms with Gasteiger partial charge < -0.3 is 25.2 Å². The van der Waals surface area contributed by atoms with Crippen LogP contribution in [0.15, 0.2) is 11.8 Å². The van der Waals surface area contributed by atoms with Crippen LogP contribution in [-0.2, 0) is 4.79 Å². The maximum Gasteiger partial charge on any atom is 1.00 e. The van der Waals surface area contributed by atoms with E-state index in [1.54, 1.807) is 0 Å². The van der Waals surface area contributed by atoms with Gasteiger partial charge in [-0.1, -0.05) is 0 Å². The molecule has 1 rings (SSSR count). The zero-order chi connectivity index (χ0) is 9.30. The van der Waals surface area contributed by atoms with Crippen LogP contribution in [0.4, 0.5) is 0 Å². The Balaban J connectivity index is 0.00000144. The summed E-state index contributed by atoms with van der Waals surface area (Å²) in [6.07, 6.45) is -1.77. The van der Waals surface area contributed by atoms with E-state index >= 15 is 0 Å². The molecule has 3 N–H and O–H groups in total. The van der Waals surface area contributed by atoms with E-state index in [0.29, 0.717) is 0 Å². The summed E-state index contributed by atoms with van der Waals surface area (Å²) in [5.74, 6) is -2.90. The fraction of sp³-hybridized carbons (Fsp3) is 0.571. The van der Waals surface area contributed by atoms with Crippen molar-refractivity contribution in [2.24, 2.45) is 5.92 Å². The standard InChI is InChI=1S/C7H10O5.K/c8-4-1-3(7(11)12)2-5(9)6(4)10;/h1,3,5-6,8-10H,2H2,(H,11,12);/q;+1/p-1. The number of carbonyl (C=O) groups excluding carboxylic acids is 1. The largest absolute Gasteiger partial charge is 1.00 e. The van der Waals surface area contributed by atoms with Crippen molar-refractivity contribution >= 4 is 5.97 Å². The molecule has 3 atom stereocenters. The molecule has 6 heteroatoms. The van der Waals surface area contributed by atoms with Crippen LogP contribution in [0.25, 0.3) is 0 Å². The molecule has 0 aromatic rings. The van der Waals surface area contributed by atoms with Gasteiger partial charge in [-0.3, -0.25) is 0 Å². The molecule has 0 saturated heterocycles. The Hall–Kier alpha value is 0.566. The molecular formula is C7H9KO5. The van der Waals surface area contributed by atoms with Gasteiger partial charge in [0, 0.05) is 11.9 Å². The number of hydrogen-bond donors (Lipinski definition) is 3. The van der Waals surface area contributed by atoms with Gasteiger partial charge in [0.05, 0.1) is 6.10 Å². The summed E-state index contributed by atoms with van der Waals surface area (Å²) in [5.41, 5.74) is 0. The fourth-order valence-corrected chi connectivity index (χ4v) is 1.12. The van der Waals surface area contributed by atoms with E-state index in [0.717, 1.165) is 6.08 Å². The van der Waals surface area contributed by atoms with Crippen molar-refractivity contribution in [3.05, 3.63) is 11.8 Å². The molecule has 0 saturated carbocycles. The summed E-state index contributed by atoms with van der Waals surface area (Å²) in [7, 11) is 0. The van der Waals surface area contributed by atoms with Crippen LogP contribution in [0.1, 0.15) is 6.42 Å². The molecule has 3 unspecified atom stereocenters. The van der Waals surface area contributed by atoms with Gasteiger partial charge in [0.15, 0.2) is 0 Å². The Kier molecular flexibility index (Phi) is 5.69. The predicted octanol–water partition coefficient (Wildman–Crippen LogP) is -5.08. The average molecular weight is 212 g/mol. The first-order valence-corrected chi connectivity index (χ1v) is 3.50. The second-order valence-electron chi connectivity index (χ2n) is 2.76. The zero-order valence-corrected chi connectivity index (χ0v) is 10.3. The number of rotatable bonds is 1. The fourth-order valence-electron chi connectivity index (χ4n) is 1.12. The summed E-state index contributed by atoms with van der Waals surface area (Å²) in [6, 6.07) is 0. The van der Waals surface area contributed by atoms with Gasteiger partial charge in [-0.25, -0.2) is 0 Å². The van der Waals surface area contributed by atoms with Gasteiger partial charge in [0.1, 0.15) is 11.9 Å². The third-order valence-corrected chi connectivity index (χ3v) is 1.84. The molecule has 0 bridgehead atoms. The molecule has 0 aliphatic heterocycles. The second kappa shape index (κ2) is 5.45. The normalized spacial score (nSPS) is 33.1. The molecule has 68 valence electrons. The molecule has 0 spiro atoms. The molecule has 13 heavy (non-hydrogen) atoms. The summed E-state index contributed by atoms with van der Waals surface area (Å²) in [4.78, 5) is 10.3. The number of carbonyl (C=O) groups is 1. The van der Waals surface area contributed by atoms with Gasteiger partial charge in [-0.05, 0) is 12.5 Å². The van der Waals surface area contributed by atoms with E-state index in [2.05, 4.69) is 0 Å². The summed E-state index contributed by atoms with van der Waals surface area (Å²) in [6.45, 7) is 0. The van der Waals surface area contributed by atoms with Crippen molar-refractivity contribution in [1.29, 1.82) is 0 Å². The van der Waals surface area contributed by atoms with Gasteiger partial charge >= 0.3 is 51.4 Å². The minimum Gasteiger partial charge on any atom is -0.550 e. The van der Waals surface area contributed by atoms with Crippen LogP contribution < -0.4 is 56.5 Å². The number of aliphatic hydroxyl groups excluding tert-OH is 3. The van der Waals surface area contributed by atoms with Crippen molar-refractivity contribution in [1.82, 2.24) is 0 Å².